The van der Waals surface area contributed by atoms with Crippen molar-refractivity contribution in [2.75, 3.05) is 0 Å². The number of hydrogen-bond acceptors (Lipinski definition) is 3. The van der Waals surface area contributed by atoms with Crippen LogP contribution in [0.3, 0.4) is 0 Å². The number of Topliss-reactive ketones (excluding diaryl/α,β-unsaturated/α-hetero) is 1. The Bertz CT molecular complexity index is 805. The number of hydrogen-bond donors (Lipinski definition) is 1. The number of aliphatic hydroxyl groups is 1. The van der Waals surface area contributed by atoms with E-state index in [0.717, 1.165) is 38.5 Å². The molecular formula is C30H50O3. The van der Waals surface area contributed by atoms with E-state index in [2.05, 4.69) is 54.5 Å². The quantitative estimate of drug-likeness (QED) is 0.441. The van der Waals surface area contributed by atoms with Gasteiger partial charge in [0.1, 0.15) is 5.78 Å². The molecule has 3 saturated carbocycles. The molecule has 3 nitrogen and oxygen atoms in total. The van der Waals surface area contributed by atoms with Gasteiger partial charge in [-0.25, -0.2) is 0 Å². The van der Waals surface area contributed by atoms with Crippen molar-refractivity contribution in [3.63, 3.8) is 0 Å². The van der Waals surface area contributed by atoms with Crippen LogP contribution in [0.25, 0.3) is 0 Å². The Labute approximate surface area is 203 Å². The summed E-state index contributed by atoms with van der Waals surface area (Å²) in [6.45, 7) is 18.1. The number of rotatable bonds is 5. The predicted octanol–water partition coefficient (Wildman–Crippen LogP) is 7.26. The van der Waals surface area contributed by atoms with Crippen LogP contribution in [0.15, 0.2) is 11.6 Å². The molecule has 0 radical (unpaired) electrons. The van der Waals surface area contributed by atoms with Gasteiger partial charge in [-0.15, -0.1) is 0 Å². The lowest BCUT2D eigenvalue weighted by Crippen LogP contribution is -2.58. The fourth-order valence-electron chi connectivity index (χ4n) is 9.50. The fourth-order valence-corrected chi connectivity index (χ4v) is 9.50. The molecule has 33 heavy (non-hydrogen) atoms. The van der Waals surface area contributed by atoms with Gasteiger partial charge >= 0.3 is 0 Å². The summed E-state index contributed by atoms with van der Waals surface area (Å²) in [6.07, 6.45) is 12.5. The van der Waals surface area contributed by atoms with E-state index in [4.69, 9.17) is 4.74 Å². The number of carbonyl (C=O) groups excluding carboxylic acids is 1. The van der Waals surface area contributed by atoms with Gasteiger partial charge in [0.2, 0.25) is 0 Å². The number of ketones is 1. The standard InChI is InChI=1S/C30H50O3/c1-20(2)10-9-16-29(7,32)25-15-19-30(8,33-25)23-12-11-22-27(5)18-14-24(31)26(3,4)21(27)13-17-28(22,23)6/h10,21-23,25,32H,9,11-19H2,1-8H3. The fraction of sp³-hybridized carbons (Fsp3) is 0.900. The lowest BCUT2D eigenvalue weighted by molar-refractivity contribution is -0.183. The maximum atomic E-state index is 12.8. The molecule has 8 atom stereocenters. The van der Waals surface area contributed by atoms with Crippen LogP contribution in [-0.2, 0) is 9.53 Å². The molecule has 4 fully saturated rings. The molecule has 0 spiro atoms. The molecule has 1 aliphatic heterocycles. The zero-order chi connectivity index (χ0) is 24.4. The van der Waals surface area contributed by atoms with Gasteiger partial charge in [0.05, 0.1) is 17.3 Å². The third-order valence-corrected chi connectivity index (χ3v) is 11.3. The molecule has 188 valence electrons. The number of fused-ring (bicyclic) bond motifs is 3. The van der Waals surface area contributed by atoms with Gasteiger partial charge in [0.15, 0.2) is 0 Å². The first-order valence-corrected chi connectivity index (χ1v) is 13.7. The minimum absolute atomic E-state index is 0.0751. The van der Waals surface area contributed by atoms with Crippen LogP contribution in [0, 0.1) is 34.0 Å². The third kappa shape index (κ3) is 3.98. The molecule has 0 aromatic heterocycles. The highest BCUT2D eigenvalue weighted by molar-refractivity contribution is 5.85. The first-order chi connectivity index (χ1) is 15.2. The maximum Gasteiger partial charge on any atom is 0.138 e. The second kappa shape index (κ2) is 8.19. The lowest BCUT2D eigenvalue weighted by atomic mass is 9.42. The van der Waals surface area contributed by atoms with E-state index < -0.39 is 5.60 Å². The van der Waals surface area contributed by atoms with Gasteiger partial charge in [-0.2, -0.15) is 0 Å². The highest BCUT2D eigenvalue weighted by atomic mass is 16.5. The van der Waals surface area contributed by atoms with Crippen molar-refractivity contribution in [2.24, 2.45) is 34.0 Å². The van der Waals surface area contributed by atoms with Crippen molar-refractivity contribution < 1.29 is 14.6 Å². The predicted molar refractivity (Wildman–Crippen MR) is 135 cm³/mol. The van der Waals surface area contributed by atoms with E-state index in [1.54, 1.807) is 0 Å². The molecule has 0 amide bonds. The Morgan fingerprint density at radius 3 is 2.27 bits per heavy atom. The normalized spacial score (nSPS) is 46.4. The highest BCUT2D eigenvalue weighted by Crippen LogP contribution is 2.71. The first kappa shape index (κ1) is 25.4. The van der Waals surface area contributed by atoms with Crippen molar-refractivity contribution in [1.29, 1.82) is 0 Å². The second-order valence-corrected chi connectivity index (χ2v) is 14.1. The zero-order valence-corrected chi connectivity index (χ0v) is 22.7. The molecule has 4 rings (SSSR count). The van der Waals surface area contributed by atoms with Crippen molar-refractivity contribution >= 4 is 5.78 Å². The summed E-state index contributed by atoms with van der Waals surface area (Å²) in [4.78, 5) is 12.8. The van der Waals surface area contributed by atoms with E-state index in [9.17, 15) is 9.90 Å². The van der Waals surface area contributed by atoms with Gasteiger partial charge in [-0.05, 0) is 114 Å². The van der Waals surface area contributed by atoms with E-state index in [-0.39, 0.29) is 27.9 Å². The summed E-state index contributed by atoms with van der Waals surface area (Å²) in [5.41, 5.74) is 0.708. The van der Waals surface area contributed by atoms with E-state index in [1.165, 1.54) is 31.3 Å². The SMILES string of the molecule is CC(C)=CCCC(C)(O)C1CCC(C)(C2CCC3C2(C)CCC2C(C)(C)C(=O)CCC23C)O1. The van der Waals surface area contributed by atoms with E-state index in [1.807, 2.05) is 6.92 Å². The smallest absolute Gasteiger partial charge is 0.138 e. The largest absolute Gasteiger partial charge is 0.387 e. The first-order valence-electron chi connectivity index (χ1n) is 13.7. The van der Waals surface area contributed by atoms with Gasteiger partial charge < -0.3 is 9.84 Å². The van der Waals surface area contributed by atoms with Crippen LogP contribution in [0.4, 0.5) is 0 Å². The van der Waals surface area contributed by atoms with E-state index in [0.29, 0.717) is 23.5 Å². The Morgan fingerprint density at radius 2 is 1.61 bits per heavy atom. The van der Waals surface area contributed by atoms with Crippen molar-refractivity contribution in [3.05, 3.63) is 11.6 Å². The van der Waals surface area contributed by atoms with Crippen LogP contribution in [0.5, 0.6) is 0 Å². The van der Waals surface area contributed by atoms with Crippen LogP contribution >= 0.6 is 0 Å². The minimum Gasteiger partial charge on any atom is -0.387 e. The number of carbonyl (C=O) groups is 1. The average Bonchev–Trinajstić information content (AvgIpc) is 3.27. The Morgan fingerprint density at radius 1 is 0.970 bits per heavy atom. The van der Waals surface area contributed by atoms with Crippen LogP contribution in [0.2, 0.25) is 0 Å². The Hall–Kier alpha value is -0.670. The molecule has 1 heterocycles. The molecular weight excluding hydrogens is 408 g/mol. The van der Waals surface area contributed by atoms with Crippen LogP contribution in [-0.4, -0.2) is 28.2 Å². The van der Waals surface area contributed by atoms with Crippen molar-refractivity contribution in [2.45, 2.75) is 137 Å². The highest BCUT2D eigenvalue weighted by Gasteiger charge is 2.66. The molecule has 0 aromatic carbocycles. The zero-order valence-electron chi connectivity index (χ0n) is 22.7. The van der Waals surface area contributed by atoms with Gasteiger partial charge in [0, 0.05) is 11.8 Å². The van der Waals surface area contributed by atoms with Gasteiger partial charge in [-0.3, -0.25) is 4.79 Å². The summed E-state index contributed by atoms with van der Waals surface area (Å²) in [6, 6.07) is 0. The lowest BCUT2D eigenvalue weighted by Gasteiger charge is -2.62. The molecule has 3 heteroatoms. The summed E-state index contributed by atoms with van der Waals surface area (Å²) in [7, 11) is 0. The Kier molecular flexibility index (Phi) is 6.31. The summed E-state index contributed by atoms with van der Waals surface area (Å²) >= 11 is 0. The maximum absolute atomic E-state index is 12.8. The molecule has 3 aliphatic carbocycles. The summed E-state index contributed by atoms with van der Waals surface area (Å²) in [5, 5.41) is 11.3. The Balaban J connectivity index is 1.53. The van der Waals surface area contributed by atoms with Crippen molar-refractivity contribution in [3.8, 4) is 0 Å². The monoisotopic (exact) mass is 458 g/mol. The topological polar surface area (TPSA) is 46.5 Å². The molecule has 0 aromatic rings. The average molecular weight is 459 g/mol. The van der Waals surface area contributed by atoms with Crippen molar-refractivity contribution in [1.82, 2.24) is 0 Å². The van der Waals surface area contributed by atoms with Crippen LogP contribution in [0.1, 0.15) is 120 Å². The molecule has 1 N–H and O–H groups in total. The summed E-state index contributed by atoms with van der Waals surface area (Å²) in [5.74, 6) is 2.18. The molecule has 1 saturated heterocycles. The van der Waals surface area contributed by atoms with Crippen LogP contribution < -0.4 is 0 Å². The molecule has 4 aliphatic rings. The minimum atomic E-state index is -0.778. The van der Waals surface area contributed by atoms with Gasteiger partial charge in [-0.1, -0.05) is 39.3 Å². The van der Waals surface area contributed by atoms with E-state index >= 15 is 0 Å². The number of ether oxygens (including phenoxy) is 1. The summed E-state index contributed by atoms with van der Waals surface area (Å²) < 4.78 is 6.87. The second-order valence-electron chi connectivity index (χ2n) is 14.1. The van der Waals surface area contributed by atoms with Gasteiger partial charge in [0.25, 0.3) is 0 Å². The molecule has 8 unspecified atom stereocenters. The molecule has 0 bridgehead atoms. The number of allylic oxidation sites excluding steroid dienone is 2. The third-order valence-electron chi connectivity index (χ3n) is 11.3.